The van der Waals surface area contributed by atoms with Crippen LogP contribution in [0, 0.1) is 0 Å². The van der Waals surface area contributed by atoms with Gasteiger partial charge in [0.15, 0.2) is 0 Å². The third-order valence-electron chi connectivity index (χ3n) is 3.57. The van der Waals surface area contributed by atoms with Gasteiger partial charge in [0.1, 0.15) is 0 Å². The first-order chi connectivity index (χ1) is 8.48. The van der Waals surface area contributed by atoms with E-state index in [1.54, 1.807) is 0 Å². The average molecular weight is 247 g/mol. The predicted octanol–water partition coefficient (Wildman–Crippen LogP) is 2.77. The van der Waals surface area contributed by atoms with Crippen LogP contribution in [0.2, 0.25) is 0 Å². The molecular formula is C14H21N3O. The fourth-order valence-electron chi connectivity index (χ4n) is 2.14. The third-order valence-corrected chi connectivity index (χ3v) is 3.57. The maximum atomic E-state index is 11.8. The zero-order valence-electron chi connectivity index (χ0n) is 11.0. The molecule has 4 nitrogen and oxygen atoms in total. The Morgan fingerprint density at radius 1 is 1.33 bits per heavy atom. The summed E-state index contributed by atoms with van der Waals surface area (Å²) in [4.78, 5) is 11.8. The van der Waals surface area contributed by atoms with E-state index in [9.17, 15) is 4.79 Å². The number of nitrogens with one attached hydrogen (secondary N) is 2. The smallest absolute Gasteiger partial charge is 0.319 e. The molecule has 0 heterocycles. The highest BCUT2D eigenvalue weighted by molar-refractivity contribution is 5.89. The molecule has 2 amide bonds. The number of carbonyl (C=O) groups excluding carboxylic acids is 1. The van der Waals surface area contributed by atoms with Gasteiger partial charge in [-0.25, -0.2) is 4.79 Å². The van der Waals surface area contributed by atoms with Crippen LogP contribution in [-0.4, -0.2) is 11.6 Å². The first-order valence-corrected chi connectivity index (χ1v) is 6.43. The summed E-state index contributed by atoms with van der Waals surface area (Å²) in [6.45, 7) is 4.02. The minimum atomic E-state index is -0.134. The Bertz CT molecular complexity index is 421. The van der Waals surface area contributed by atoms with E-state index < -0.39 is 0 Å². The Labute approximate surface area is 108 Å². The van der Waals surface area contributed by atoms with Crippen LogP contribution in [0.15, 0.2) is 24.3 Å². The second kappa shape index (κ2) is 4.98. The van der Waals surface area contributed by atoms with Gasteiger partial charge in [-0.05, 0) is 50.8 Å². The fraction of sp³-hybridized carbons (Fsp3) is 0.500. The number of hydrogen-bond acceptors (Lipinski definition) is 2. The molecule has 0 aliphatic heterocycles. The molecule has 1 atom stereocenters. The average Bonchev–Trinajstić information content (AvgIpc) is 2.27. The van der Waals surface area contributed by atoms with Gasteiger partial charge in [0.2, 0.25) is 0 Å². The minimum Gasteiger partial charge on any atom is -0.333 e. The van der Waals surface area contributed by atoms with Gasteiger partial charge in [-0.15, -0.1) is 0 Å². The Morgan fingerprint density at radius 2 is 1.94 bits per heavy atom. The van der Waals surface area contributed by atoms with Crippen LogP contribution in [0.4, 0.5) is 10.5 Å². The van der Waals surface area contributed by atoms with Crippen molar-refractivity contribution in [3.05, 3.63) is 29.8 Å². The van der Waals surface area contributed by atoms with Crippen LogP contribution < -0.4 is 16.4 Å². The number of anilines is 1. The van der Waals surface area contributed by atoms with Gasteiger partial charge in [-0.3, -0.25) is 0 Å². The molecule has 18 heavy (non-hydrogen) atoms. The van der Waals surface area contributed by atoms with Crippen LogP contribution in [0.5, 0.6) is 0 Å². The van der Waals surface area contributed by atoms with Crippen LogP contribution in [-0.2, 0) is 0 Å². The predicted molar refractivity (Wildman–Crippen MR) is 73.5 cm³/mol. The summed E-state index contributed by atoms with van der Waals surface area (Å²) < 4.78 is 0. The van der Waals surface area contributed by atoms with E-state index in [0.717, 1.165) is 24.1 Å². The molecule has 1 saturated carbocycles. The van der Waals surface area contributed by atoms with Crippen LogP contribution in [0.25, 0.3) is 0 Å². The van der Waals surface area contributed by atoms with E-state index in [0.29, 0.717) is 0 Å². The van der Waals surface area contributed by atoms with Gasteiger partial charge in [0.25, 0.3) is 0 Å². The van der Waals surface area contributed by atoms with Crippen LogP contribution in [0.3, 0.4) is 0 Å². The van der Waals surface area contributed by atoms with E-state index in [2.05, 4.69) is 17.6 Å². The first kappa shape index (κ1) is 12.9. The highest BCUT2D eigenvalue weighted by atomic mass is 16.2. The zero-order chi connectivity index (χ0) is 13.2. The third kappa shape index (κ3) is 3.01. The number of benzene rings is 1. The monoisotopic (exact) mass is 247 g/mol. The summed E-state index contributed by atoms with van der Waals surface area (Å²) in [6, 6.07) is 7.51. The van der Waals surface area contributed by atoms with Crippen molar-refractivity contribution < 1.29 is 4.79 Å². The largest absolute Gasteiger partial charge is 0.333 e. The molecule has 0 saturated heterocycles. The number of nitrogens with two attached hydrogens (primary N) is 1. The van der Waals surface area contributed by atoms with E-state index in [1.165, 1.54) is 6.42 Å². The van der Waals surface area contributed by atoms with Crippen molar-refractivity contribution in [2.75, 3.05) is 5.32 Å². The number of hydrogen-bond donors (Lipinski definition) is 3. The molecule has 0 aromatic heterocycles. The molecule has 0 bridgehead atoms. The SMILES string of the molecule is CC(N)c1ccc(NC(=O)NC2(C)CCC2)cc1. The molecule has 1 fully saturated rings. The Balaban J connectivity index is 1.90. The molecule has 4 heteroatoms. The van der Waals surface area contributed by atoms with Crippen molar-refractivity contribution in [2.45, 2.75) is 44.7 Å². The summed E-state index contributed by atoms with van der Waals surface area (Å²) in [5.41, 5.74) is 7.61. The second-order valence-electron chi connectivity index (χ2n) is 5.40. The van der Waals surface area contributed by atoms with E-state index >= 15 is 0 Å². The summed E-state index contributed by atoms with van der Waals surface area (Å²) in [7, 11) is 0. The highest BCUT2D eigenvalue weighted by Crippen LogP contribution is 2.30. The highest BCUT2D eigenvalue weighted by Gasteiger charge is 2.33. The molecule has 1 aliphatic carbocycles. The molecule has 1 unspecified atom stereocenters. The Kier molecular flexibility index (Phi) is 3.57. The van der Waals surface area contributed by atoms with E-state index in [-0.39, 0.29) is 17.6 Å². The number of urea groups is 1. The molecule has 0 radical (unpaired) electrons. The lowest BCUT2D eigenvalue weighted by molar-refractivity contribution is 0.200. The Hall–Kier alpha value is -1.55. The molecule has 1 aromatic carbocycles. The summed E-state index contributed by atoms with van der Waals surface area (Å²) in [5.74, 6) is 0. The molecule has 1 aliphatic rings. The maximum absolute atomic E-state index is 11.8. The van der Waals surface area contributed by atoms with Gasteiger partial charge in [0.05, 0.1) is 0 Å². The van der Waals surface area contributed by atoms with Crippen LogP contribution >= 0.6 is 0 Å². The van der Waals surface area contributed by atoms with Crippen molar-refractivity contribution in [2.24, 2.45) is 5.73 Å². The van der Waals surface area contributed by atoms with Gasteiger partial charge in [-0.2, -0.15) is 0 Å². The molecule has 4 N–H and O–H groups in total. The first-order valence-electron chi connectivity index (χ1n) is 6.43. The van der Waals surface area contributed by atoms with Crippen molar-refractivity contribution in [1.82, 2.24) is 5.32 Å². The van der Waals surface area contributed by atoms with Crippen molar-refractivity contribution in [1.29, 1.82) is 0 Å². The summed E-state index contributed by atoms with van der Waals surface area (Å²) >= 11 is 0. The van der Waals surface area contributed by atoms with Gasteiger partial charge in [0, 0.05) is 17.3 Å². The molecular weight excluding hydrogens is 226 g/mol. The normalized spacial score (nSPS) is 18.6. The topological polar surface area (TPSA) is 67.1 Å². The quantitative estimate of drug-likeness (QED) is 0.768. The van der Waals surface area contributed by atoms with Crippen molar-refractivity contribution in [3.63, 3.8) is 0 Å². The molecule has 98 valence electrons. The lowest BCUT2D eigenvalue weighted by Crippen LogP contribution is -2.52. The molecule has 1 aromatic rings. The standard InChI is InChI=1S/C14H21N3O/c1-10(15)11-4-6-12(7-5-11)16-13(18)17-14(2)8-3-9-14/h4-7,10H,3,8-9,15H2,1-2H3,(H2,16,17,18). The number of amides is 2. The van der Waals surface area contributed by atoms with E-state index in [1.807, 2.05) is 31.2 Å². The Morgan fingerprint density at radius 3 is 2.39 bits per heavy atom. The van der Waals surface area contributed by atoms with Crippen LogP contribution in [0.1, 0.15) is 44.7 Å². The lowest BCUT2D eigenvalue weighted by atomic mass is 9.79. The van der Waals surface area contributed by atoms with Crippen molar-refractivity contribution in [3.8, 4) is 0 Å². The molecule has 0 spiro atoms. The van der Waals surface area contributed by atoms with E-state index in [4.69, 9.17) is 5.73 Å². The second-order valence-corrected chi connectivity index (χ2v) is 5.40. The van der Waals surface area contributed by atoms with Crippen molar-refractivity contribution >= 4 is 11.7 Å². The minimum absolute atomic E-state index is 0.0155. The van der Waals surface area contributed by atoms with Gasteiger partial charge < -0.3 is 16.4 Å². The zero-order valence-corrected chi connectivity index (χ0v) is 11.0. The summed E-state index contributed by atoms with van der Waals surface area (Å²) in [5, 5.41) is 5.85. The maximum Gasteiger partial charge on any atom is 0.319 e. The van der Waals surface area contributed by atoms with Gasteiger partial charge >= 0.3 is 6.03 Å². The molecule has 2 rings (SSSR count). The fourth-order valence-corrected chi connectivity index (χ4v) is 2.14. The lowest BCUT2D eigenvalue weighted by Gasteiger charge is -2.38. The number of rotatable bonds is 3. The summed E-state index contributed by atoms with van der Waals surface area (Å²) in [6.07, 6.45) is 3.31. The van der Waals surface area contributed by atoms with Gasteiger partial charge in [-0.1, -0.05) is 12.1 Å². The number of carbonyl (C=O) groups is 1.